The fraction of sp³-hybridized carbons (Fsp3) is 0.389. The molecule has 0 spiro atoms. The zero-order chi connectivity index (χ0) is 35.1. The van der Waals surface area contributed by atoms with Gasteiger partial charge in [0, 0.05) is 18.8 Å². The quantitative estimate of drug-likeness (QED) is 0.218. The summed E-state index contributed by atoms with van der Waals surface area (Å²) in [5, 5.41) is 4.82. The fourth-order valence-electron chi connectivity index (χ4n) is 6.15. The summed E-state index contributed by atoms with van der Waals surface area (Å²) in [6, 6.07) is 19.2. The maximum absolute atomic E-state index is 13.7. The van der Waals surface area contributed by atoms with Crippen molar-refractivity contribution in [1.82, 2.24) is 15.9 Å². The highest BCUT2D eigenvalue weighted by molar-refractivity contribution is 7.92. The average molecular weight is 688 g/mol. The molecular formula is C36H45N7O5S. The number of hydrazine groups is 2. The van der Waals surface area contributed by atoms with E-state index < -0.39 is 10.0 Å². The molecule has 2 heterocycles. The first-order chi connectivity index (χ1) is 23.2. The third kappa shape index (κ3) is 7.38. The highest BCUT2D eigenvalue weighted by Crippen LogP contribution is 2.45. The number of aryl methyl sites for hydroxylation is 1. The Balaban J connectivity index is 1.19. The third-order valence-electron chi connectivity index (χ3n) is 9.07. The lowest BCUT2D eigenvalue weighted by atomic mass is 9.86. The van der Waals surface area contributed by atoms with Crippen molar-refractivity contribution in [3.8, 4) is 5.75 Å². The number of benzene rings is 3. The summed E-state index contributed by atoms with van der Waals surface area (Å²) in [4.78, 5) is 20.8. The second-order valence-electron chi connectivity index (χ2n) is 13.9. The lowest BCUT2D eigenvalue weighted by molar-refractivity contribution is 0.0598. The number of likely N-dealkylation sites (N-methyl/N-ethyl adjacent to an activating group) is 1. The molecular weight excluding hydrogens is 643 g/mol. The standard InChI is InChI=1S/C36H45N7O5S/c1-23-13-14-25(33(44)38-27-18-26(35(2,3)4)19-28(32(27)47-6)40-49(7,45)46)17-30(23)43-21-29(39-41-43)31-20-37-34(42(31)5)36(15-16-36)48-22-24-11-9-8-10-12-24/h8-14,17-19,21,31,39-41H,15-16,20,22H2,1-7H3,(H,38,44). The van der Waals surface area contributed by atoms with Crippen LogP contribution in [0.5, 0.6) is 5.75 Å². The van der Waals surface area contributed by atoms with E-state index >= 15 is 0 Å². The van der Waals surface area contributed by atoms with Crippen molar-refractivity contribution in [2.75, 3.05) is 42.0 Å². The largest absolute Gasteiger partial charge is 0.492 e. The summed E-state index contributed by atoms with van der Waals surface area (Å²) in [5.74, 6) is 0.828. The first-order valence-electron chi connectivity index (χ1n) is 16.3. The number of carbonyl (C=O) groups excluding carboxylic acids is 1. The Morgan fingerprint density at radius 1 is 1.08 bits per heavy atom. The van der Waals surface area contributed by atoms with Crippen LogP contribution in [0.4, 0.5) is 17.1 Å². The van der Waals surface area contributed by atoms with E-state index in [-0.39, 0.29) is 34.4 Å². The van der Waals surface area contributed by atoms with E-state index in [1.165, 1.54) is 7.11 Å². The second-order valence-corrected chi connectivity index (χ2v) is 15.7. The molecule has 3 aliphatic rings. The summed E-state index contributed by atoms with van der Waals surface area (Å²) in [6.07, 6.45) is 4.96. The van der Waals surface area contributed by atoms with Gasteiger partial charge in [-0.05, 0) is 66.1 Å². The van der Waals surface area contributed by atoms with Gasteiger partial charge in [0.1, 0.15) is 11.4 Å². The van der Waals surface area contributed by atoms with Crippen molar-refractivity contribution in [2.45, 2.75) is 64.2 Å². The molecule has 0 bridgehead atoms. The number of amidine groups is 1. The maximum Gasteiger partial charge on any atom is 0.255 e. The smallest absolute Gasteiger partial charge is 0.255 e. The zero-order valence-corrected chi connectivity index (χ0v) is 29.9. The van der Waals surface area contributed by atoms with Crippen LogP contribution in [0.25, 0.3) is 0 Å². The first-order valence-corrected chi connectivity index (χ1v) is 18.2. The van der Waals surface area contributed by atoms with E-state index in [4.69, 9.17) is 14.5 Å². The van der Waals surface area contributed by atoms with E-state index in [1.54, 1.807) is 12.1 Å². The molecule has 1 amide bonds. The number of ether oxygens (including phenoxy) is 2. The molecule has 3 aromatic rings. The Hall–Kier alpha value is -4.59. The maximum atomic E-state index is 13.7. The van der Waals surface area contributed by atoms with Gasteiger partial charge in [0.25, 0.3) is 5.91 Å². The summed E-state index contributed by atoms with van der Waals surface area (Å²) in [5.41, 5.74) is 11.6. The summed E-state index contributed by atoms with van der Waals surface area (Å²) in [7, 11) is -0.111. The van der Waals surface area contributed by atoms with Gasteiger partial charge < -0.3 is 25.1 Å². The van der Waals surface area contributed by atoms with Gasteiger partial charge in [0.05, 0.1) is 55.3 Å². The van der Waals surface area contributed by atoms with Crippen LogP contribution in [-0.4, -0.2) is 63.7 Å². The monoisotopic (exact) mass is 687 g/mol. The van der Waals surface area contributed by atoms with Crippen LogP contribution in [-0.2, 0) is 26.8 Å². The van der Waals surface area contributed by atoms with Crippen molar-refractivity contribution in [3.05, 3.63) is 94.8 Å². The van der Waals surface area contributed by atoms with Gasteiger partial charge >= 0.3 is 0 Å². The minimum absolute atomic E-state index is 0.00520. The number of hydrogen-bond donors (Lipinski definition) is 4. The number of sulfonamides is 1. The van der Waals surface area contributed by atoms with Crippen molar-refractivity contribution in [3.63, 3.8) is 0 Å². The van der Waals surface area contributed by atoms with Crippen LogP contribution in [0.1, 0.15) is 60.7 Å². The van der Waals surface area contributed by atoms with Gasteiger partial charge in [0.2, 0.25) is 10.0 Å². The normalized spacial score (nSPS) is 18.5. The van der Waals surface area contributed by atoms with E-state index in [0.29, 0.717) is 24.4 Å². The molecule has 1 saturated carbocycles. The van der Waals surface area contributed by atoms with Crippen LogP contribution in [0.15, 0.2) is 77.6 Å². The molecule has 12 nitrogen and oxygen atoms in total. The number of rotatable bonds is 11. The van der Waals surface area contributed by atoms with Crippen LogP contribution < -0.4 is 30.7 Å². The molecule has 260 valence electrons. The number of amides is 1. The van der Waals surface area contributed by atoms with Gasteiger partial charge in [-0.3, -0.25) is 19.5 Å². The fourth-order valence-corrected chi connectivity index (χ4v) is 6.70. The predicted octanol–water partition coefficient (Wildman–Crippen LogP) is 5.06. The lowest BCUT2D eigenvalue weighted by Gasteiger charge is -2.28. The second kappa shape index (κ2) is 13.0. The van der Waals surface area contributed by atoms with E-state index in [2.05, 4.69) is 45.1 Å². The van der Waals surface area contributed by atoms with E-state index in [0.717, 1.165) is 53.0 Å². The number of methoxy groups -OCH3 is 1. The highest BCUT2D eigenvalue weighted by atomic mass is 32.2. The summed E-state index contributed by atoms with van der Waals surface area (Å²) in [6.45, 7) is 9.16. The van der Waals surface area contributed by atoms with E-state index in [1.807, 2.05) is 75.3 Å². The van der Waals surface area contributed by atoms with Crippen molar-refractivity contribution >= 4 is 38.8 Å². The summed E-state index contributed by atoms with van der Waals surface area (Å²) >= 11 is 0. The van der Waals surface area contributed by atoms with Gasteiger partial charge in [-0.25, -0.2) is 8.42 Å². The van der Waals surface area contributed by atoms with Gasteiger partial charge in [-0.1, -0.05) is 57.2 Å². The lowest BCUT2D eigenvalue weighted by Crippen LogP contribution is -2.45. The molecule has 4 N–H and O–H groups in total. The molecule has 1 atom stereocenters. The van der Waals surface area contributed by atoms with Crippen molar-refractivity contribution in [1.29, 1.82) is 0 Å². The molecule has 2 aliphatic heterocycles. The Bertz CT molecular complexity index is 1920. The Labute approximate surface area is 288 Å². The molecule has 1 fully saturated rings. The number of aliphatic imine (C=N–C) groups is 1. The minimum Gasteiger partial charge on any atom is -0.492 e. The first kappa shape index (κ1) is 34.3. The number of carbonyl (C=O) groups is 1. The molecule has 6 rings (SSSR count). The Morgan fingerprint density at radius 3 is 2.45 bits per heavy atom. The van der Waals surface area contributed by atoms with Crippen LogP contribution in [0.3, 0.4) is 0 Å². The van der Waals surface area contributed by atoms with E-state index in [9.17, 15) is 13.2 Å². The zero-order valence-electron chi connectivity index (χ0n) is 29.0. The molecule has 1 unspecified atom stereocenters. The van der Waals surface area contributed by atoms with Crippen molar-refractivity contribution in [2.24, 2.45) is 4.99 Å². The molecule has 0 aromatic heterocycles. The third-order valence-corrected chi connectivity index (χ3v) is 9.66. The van der Waals surface area contributed by atoms with Crippen LogP contribution in [0, 0.1) is 6.92 Å². The Kier molecular flexibility index (Phi) is 9.12. The molecule has 13 heteroatoms. The average Bonchev–Trinajstić information content (AvgIpc) is 3.48. The Morgan fingerprint density at radius 2 is 1.80 bits per heavy atom. The highest BCUT2D eigenvalue weighted by Gasteiger charge is 2.53. The minimum atomic E-state index is -3.61. The molecule has 1 aliphatic carbocycles. The van der Waals surface area contributed by atoms with Gasteiger partial charge in [-0.2, -0.15) is 0 Å². The SMILES string of the molecule is COc1c(NC(=O)c2ccc(C)c(N3C=C(C4CN=C(C5(OCc6ccccc6)CC5)N4C)NN3)c2)cc(C(C)(C)C)cc1NS(C)(=O)=O. The predicted molar refractivity (Wildman–Crippen MR) is 193 cm³/mol. The molecule has 49 heavy (non-hydrogen) atoms. The number of hydrogen-bond acceptors (Lipinski definition) is 10. The molecule has 0 radical (unpaired) electrons. The summed E-state index contributed by atoms with van der Waals surface area (Å²) < 4.78 is 38.9. The number of nitrogens with zero attached hydrogens (tertiary/aromatic N) is 3. The van der Waals surface area contributed by atoms with Gasteiger partial charge in [-0.15, -0.1) is 5.53 Å². The van der Waals surface area contributed by atoms with Gasteiger partial charge in [0.15, 0.2) is 5.75 Å². The number of anilines is 3. The molecule has 3 aromatic carbocycles. The number of nitrogens with one attached hydrogen (secondary N) is 4. The van der Waals surface area contributed by atoms with Crippen molar-refractivity contribution < 1.29 is 22.7 Å². The topological polar surface area (TPSA) is 137 Å². The van der Waals surface area contributed by atoms with Crippen LogP contribution in [0.2, 0.25) is 0 Å². The van der Waals surface area contributed by atoms with Crippen LogP contribution >= 0.6 is 0 Å². The molecule has 0 saturated heterocycles.